The Hall–Kier alpha value is -0.0400. The van der Waals surface area contributed by atoms with E-state index in [9.17, 15) is 0 Å². The van der Waals surface area contributed by atoms with E-state index in [0.29, 0.717) is 11.5 Å². The Kier molecular flexibility index (Phi) is 7.21. The van der Waals surface area contributed by atoms with Crippen molar-refractivity contribution in [1.29, 1.82) is 0 Å². The van der Waals surface area contributed by atoms with E-state index in [0.717, 1.165) is 52.3 Å². The second-order valence-electron chi connectivity index (χ2n) is 13.6. The predicted octanol–water partition coefficient (Wildman–Crippen LogP) is 9.10. The van der Waals surface area contributed by atoms with Crippen molar-refractivity contribution < 1.29 is 1.43 Å². The molecule has 0 heterocycles. The van der Waals surface area contributed by atoms with Gasteiger partial charge in [0.15, 0.2) is 0 Å². The molecule has 0 saturated heterocycles. The zero-order valence-electron chi connectivity index (χ0n) is 22.9. The molecular formula is C31H59N. The highest BCUT2D eigenvalue weighted by Crippen LogP contribution is 2.91. The Balaban J connectivity index is 0.000000301. The Morgan fingerprint density at radius 3 is 2.12 bits per heavy atom. The smallest absolute Gasteiger partial charge is 0.00418 e. The summed E-state index contributed by atoms with van der Waals surface area (Å²) in [6.45, 7) is 16.1. The first-order valence-electron chi connectivity index (χ1n) is 15.1. The number of rotatable bonds is 4. The first-order chi connectivity index (χ1) is 15.3. The quantitative estimate of drug-likeness (QED) is 0.458. The van der Waals surface area contributed by atoms with Gasteiger partial charge in [-0.3, -0.25) is 0 Å². The van der Waals surface area contributed by atoms with Gasteiger partial charge >= 0.3 is 0 Å². The van der Waals surface area contributed by atoms with E-state index in [2.05, 4.69) is 34.6 Å². The SMILES string of the molecule is CC.CC(C1CC1)C1CCC2C1(C)CCC1C34CCC(N)CC3CCC214.CCCC(C)C.[HH]. The van der Waals surface area contributed by atoms with Gasteiger partial charge in [0.25, 0.3) is 0 Å². The summed E-state index contributed by atoms with van der Waals surface area (Å²) in [5.41, 5.74) is 8.66. The van der Waals surface area contributed by atoms with E-state index >= 15 is 0 Å². The summed E-state index contributed by atoms with van der Waals surface area (Å²) in [5, 5.41) is 0. The minimum Gasteiger partial charge on any atom is -0.328 e. The maximum absolute atomic E-state index is 6.39. The molecule has 6 aliphatic carbocycles. The molecule has 0 amide bonds. The Morgan fingerprint density at radius 1 is 0.844 bits per heavy atom. The second-order valence-corrected chi connectivity index (χ2v) is 13.6. The molecule has 32 heavy (non-hydrogen) atoms. The van der Waals surface area contributed by atoms with Gasteiger partial charge in [-0.2, -0.15) is 0 Å². The number of hydrogen-bond donors (Lipinski definition) is 1. The molecular weight excluding hydrogens is 386 g/mol. The van der Waals surface area contributed by atoms with Crippen LogP contribution in [0.25, 0.3) is 0 Å². The lowest BCUT2D eigenvalue weighted by Crippen LogP contribution is -2.41. The maximum Gasteiger partial charge on any atom is 0.00418 e. The van der Waals surface area contributed by atoms with Gasteiger partial charge in [0.05, 0.1) is 0 Å². The highest BCUT2D eigenvalue weighted by molar-refractivity contribution is 5.33. The topological polar surface area (TPSA) is 26.0 Å². The molecule has 6 rings (SSSR count). The van der Waals surface area contributed by atoms with Crippen LogP contribution in [0.5, 0.6) is 0 Å². The van der Waals surface area contributed by atoms with Gasteiger partial charge in [-0.05, 0) is 128 Å². The summed E-state index contributed by atoms with van der Waals surface area (Å²) < 4.78 is 0. The van der Waals surface area contributed by atoms with E-state index in [4.69, 9.17) is 5.73 Å². The van der Waals surface area contributed by atoms with E-state index in [1.165, 1.54) is 51.4 Å². The normalized spacial score (nSPS) is 48.8. The van der Waals surface area contributed by atoms with E-state index in [1.807, 2.05) is 13.8 Å². The maximum atomic E-state index is 6.39. The van der Waals surface area contributed by atoms with E-state index in [1.54, 1.807) is 32.1 Å². The van der Waals surface area contributed by atoms with Gasteiger partial charge in [-0.25, -0.2) is 0 Å². The molecule has 9 atom stereocenters. The number of fused-ring (bicyclic) bond motifs is 1. The van der Waals surface area contributed by atoms with Crippen LogP contribution in [-0.2, 0) is 0 Å². The fourth-order valence-electron chi connectivity index (χ4n) is 10.9. The number of hydrogen-bond acceptors (Lipinski definition) is 1. The monoisotopic (exact) mass is 445 g/mol. The molecule has 0 bridgehead atoms. The summed E-state index contributed by atoms with van der Waals surface area (Å²) >= 11 is 0. The first kappa shape index (κ1) is 25.1. The lowest BCUT2D eigenvalue weighted by atomic mass is 9.57. The second kappa shape index (κ2) is 9.20. The van der Waals surface area contributed by atoms with Crippen LogP contribution in [0.4, 0.5) is 0 Å². The average Bonchev–Trinajstić information content (AvgIpc) is 3.64. The minimum absolute atomic E-state index is 0. The Morgan fingerprint density at radius 2 is 1.53 bits per heavy atom. The molecule has 1 heteroatoms. The molecule has 9 unspecified atom stereocenters. The highest BCUT2D eigenvalue weighted by Gasteiger charge is 2.86. The van der Waals surface area contributed by atoms with Crippen LogP contribution in [0.1, 0.15) is 133 Å². The molecule has 0 aromatic rings. The van der Waals surface area contributed by atoms with Gasteiger partial charge < -0.3 is 5.73 Å². The molecule has 0 radical (unpaired) electrons. The third-order valence-corrected chi connectivity index (χ3v) is 12.0. The van der Waals surface area contributed by atoms with Crippen LogP contribution in [0, 0.1) is 57.7 Å². The third kappa shape index (κ3) is 3.56. The largest absolute Gasteiger partial charge is 0.328 e. The molecule has 1 nitrogen and oxygen atoms in total. The molecule has 188 valence electrons. The van der Waals surface area contributed by atoms with Gasteiger partial charge in [-0.1, -0.05) is 61.3 Å². The van der Waals surface area contributed by atoms with Crippen molar-refractivity contribution in [3.63, 3.8) is 0 Å². The van der Waals surface area contributed by atoms with Crippen molar-refractivity contribution in [3.8, 4) is 0 Å². The van der Waals surface area contributed by atoms with Crippen LogP contribution in [0.3, 0.4) is 0 Å². The average molecular weight is 446 g/mol. The fraction of sp³-hybridized carbons (Fsp3) is 1.00. The van der Waals surface area contributed by atoms with Gasteiger partial charge in [0.2, 0.25) is 0 Å². The highest BCUT2D eigenvalue weighted by atomic mass is 14.9. The van der Waals surface area contributed by atoms with Crippen molar-refractivity contribution in [2.75, 3.05) is 0 Å². The van der Waals surface area contributed by atoms with E-state index < -0.39 is 0 Å². The summed E-state index contributed by atoms with van der Waals surface area (Å²) in [7, 11) is 0. The Bertz CT molecular complexity index is 643. The van der Waals surface area contributed by atoms with Crippen molar-refractivity contribution in [2.24, 2.45) is 63.4 Å². The van der Waals surface area contributed by atoms with Crippen molar-refractivity contribution in [3.05, 3.63) is 0 Å². The molecule has 0 aromatic carbocycles. The van der Waals surface area contributed by atoms with E-state index in [-0.39, 0.29) is 1.43 Å². The minimum atomic E-state index is 0. The van der Waals surface area contributed by atoms with Crippen molar-refractivity contribution >= 4 is 0 Å². The van der Waals surface area contributed by atoms with Crippen molar-refractivity contribution in [1.82, 2.24) is 0 Å². The van der Waals surface area contributed by atoms with Crippen LogP contribution >= 0.6 is 0 Å². The number of nitrogens with two attached hydrogens (primary N) is 1. The molecule has 6 aliphatic rings. The zero-order valence-corrected chi connectivity index (χ0v) is 22.9. The summed E-state index contributed by atoms with van der Waals surface area (Å²) in [4.78, 5) is 0. The van der Waals surface area contributed by atoms with Gasteiger partial charge in [-0.15, -0.1) is 0 Å². The van der Waals surface area contributed by atoms with Crippen LogP contribution in [0.2, 0.25) is 0 Å². The molecule has 2 N–H and O–H groups in total. The lowest BCUT2D eigenvalue weighted by molar-refractivity contribution is 0.0123. The van der Waals surface area contributed by atoms with Crippen LogP contribution in [0.15, 0.2) is 0 Å². The molecule has 6 saturated carbocycles. The summed E-state index contributed by atoms with van der Waals surface area (Å²) in [6, 6.07) is 0.524. The van der Waals surface area contributed by atoms with Crippen molar-refractivity contribution in [2.45, 2.75) is 138 Å². The molecule has 2 spiro atoms. The standard InChI is InChI=1S/C23H37N.C6H14.C2H6.H2/c1-14(15-3-4-15)18-5-6-19-21(18,2)10-9-20-22-12-8-17(24)13-16(22)7-11-23(19,20)22;1-4-5-6(2)3;1-2;/h14-20H,3-13,24H2,1-2H3;6H,4-5H2,1-3H3;1-2H3;1H. The molecule has 0 aromatic heterocycles. The zero-order chi connectivity index (χ0) is 23.3. The van der Waals surface area contributed by atoms with Gasteiger partial charge in [0, 0.05) is 7.47 Å². The predicted molar refractivity (Wildman–Crippen MR) is 142 cm³/mol. The Labute approximate surface area is 202 Å². The third-order valence-electron chi connectivity index (χ3n) is 12.0. The van der Waals surface area contributed by atoms with Crippen LogP contribution in [-0.4, -0.2) is 6.04 Å². The fourth-order valence-corrected chi connectivity index (χ4v) is 10.9. The summed E-state index contributed by atoms with van der Waals surface area (Å²) in [5.74, 6) is 7.26. The first-order valence-corrected chi connectivity index (χ1v) is 15.1. The van der Waals surface area contributed by atoms with Crippen LogP contribution < -0.4 is 5.73 Å². The molecule has 0 aliphatic heterocycles. The lowest BCUT2D eigenvalue weighted by Gasteiger charge is -2.47. The molecule has 6 fully saturated rings. The van der Waals surface area contributed by atoms with Gasteiger partial charge in [0.1, 0.15) is 0 Å². The summed E-state index contributed by atoms with van der Waals surface area (Å²) in [6.07, 6.45) is 19.4.